The van der Waals surface area contributed by atoms with Gasteiger partial charge < -0.3 is 4.90 Å². The summed E-state index contributed by atoms with van der Waals surface area (Å²) >= 11 is 5.32. The first kappa shape index (κ1) is 13.6. The lowest BCUT2D eigenvalue weighted by molar-refractivity contribution is -0.126. The predicted molar refractivity (Wildman–Crippen MR) is 77.3 cm³/mol. The zero-order chi connectivity index (χ0) is 13.0. The summed E-state index contributed by atoms with van der Waals surface area (Å²) in [6.07, 6.45) is 0. The van der Waals surface area contributed by atoms with Crippen LogP contribution in [-0.2, 0) is 11.3 Å². The highest BCUT2D eigenvalue weighted by Crippen LogP contribution is 2.24. The van der Waals surface area contributed by atoms with Gasteiger partial charge in [-0.3, -0.25) is 9.69 Å². The van der Waals surface area contributed by atoms with Crippen molar-refractivity contribution in [3.05, 3.63) is 20.8 Å². The second kappa shape index (κ2) is 6.37. The number of hydrogen-bond donors (Lipinski definition) is 0. The Morgan fingerprint density at radius 1 is 1.44 bits per heavy atom. The molecule has 96 valence electrons. The van der Waals surface area contributed by atoms with Crippen molar-refractivity contribution in [1.29, 1.82) is 0 Å². The smallest absolute Gasteiger partial charge is 0.298 e. The summed E-state index contributed by atoms with van der Waals surface area (Å²) in [5.74, 6) is 5.21. The summed E-state index contributed by atoms with van der Waals surface area (Å²) in [4.78, 5) is 17.2. The van der Waals surface area contributed by atoms with Crippen molar-refractivity contribution < 1.29 is 4.79 Å². The Hall–Kier alpha value is -0.830. The molecule has 0 radical (unpaired) electrons. The first-order valence-corrected chi connectivity index (χ1v) is 7.54. The lowest BCUT2D eigenvalue weighted by Gasteiger charge is -2.33. The third kappa shape index (κ3) is 3.35. The zero-order valence-electron chi connectivity index (χ0n) is 10.3. The van der Waals surface area contributed by atoms with Crippen molar-refractivity contribution >= 4 is 33.2 Å². The van der Waals surface area contributed by atoms with Gasteiger partial charge in [0.15, 0.2) is 0 Å². The van der Waals surface area contributed by atoms with E-state index in [-0.39, 0.29) is 5.91 Å². The second-order valence-corrected chi connectivity index (χ2v) is 5.99. The van der Waals surface area contributed by atoms with Gasteiger partial charge in [-0.25, -0.2) is 0 Å². The van der Waals surface area contributed by atoms with Crippen molar-refractivity contribution in [3.63, 3.8) is 0 Å². The van der Waals surface area contributed by atoms with Gasteiger partial charge in [0, 0.05) is 42.1 Å². The minimum atomic E-state index is -0.0468. The molecular weight excluding hydrogens is 312 g/mol. The van der Waals surface area contributed by atoms with Gasteiger partial charge in [-0.2, -0.15) is 0 Å². The molecule has 3 nitrogen and oxygen atoms in total. The van der Waals surface area contributed by atoms with Crippen LogP contribution in [0.2, 0.25) is 0 Å². The zero-order valence-corrected chi connectivity index (χ0v) is 12.7. The Balaban J connectivity index is 1.85. The quantitative estimate of drug-likeness (QED) is 0.778. The lowest BCUT2D eigenvalue weighted by atomic mass is 10.3. The third-order valence-corrected chi connectivity index (χ3v) is 4.86. The number of rotatable bonds is 2. The van der Waals surface area contributed by atoms with Crippen LogP contribution in [0.1, 0.15) is 11.8 Å². The lowest BCUT2D eigenvalue weighted by Crippen LogP contribution is -2.47. The van der Waals surface area contributed by atoms with E-state index in [1.165, 1.54) is 9.35 Å². The molecule has 18 heavy (non-hydrogen) atoms. The van der Waals surface area contributed by atoms with Gasteiger partial charge in [-0.15, -0.1) is 11.3 Å². The fourth-order valence-electron chi connectivity index (χ4n) is 1.94. The highest BCUT2D eigenvalue weighted by atomic mass is 79.9. The number of halogens is 1. The van der Waals surface area contributed by atoms with Gasteiger partial charge >= 0.3 is 0 Å². The average Bonchev–Trinajstić information content (AvgIpc) is 2.76. The highest BCUT2D eigenvalue weighted by Gasteiger charge is 2.20. The van der Waals surface area contributed by atoms with Crippen molar-refractivity contribution in [2.24, 2.45) is 0 Å². The molecule has 0 saturated carbocycles. The van der Waals surface area contributed by atoms with Crippen LogP contribution < -0.4 is 0 Å². The number of hydrogen-bond acceptors (Lipinski definition) is 3. The summed E-state index contributed by atoms with van der Waals surface area (Å²) in [6, 6.07) is 2.08. The monoisotopic (exact) mass is 326 g/mol. The minimum Gasteiger partial charge on any atom is -0.329 e. The molecule has 1 fully saturated rings. The highest BCUT2D eigenvalue weighted by molar-refractivity contribution is 9.10. The third-order valence-electron chi connectivity index (χ3n) is 2.95. The van der Waals surface area contributed by atoms with E-state index < -0.39 is 0 Å². The summed E-state index contributed by atoms with van der Waals surface area (Å²) in [6.45, 7) is 6.04. The van der Waals surface area contributed by atoms with Gasteiger partial charge in [0.25, 0.3) is 5.91 Å². The number of nitrogens with zero attached hydrogens (tertiary/aromatic N) is 2. The molecule has 1 aliphatic heterocycles. The molecule has 2 heterocycles. The summed E-state index contributed by atoms with van der Waals surface area (Å²) in [7, 11) is 0. The maximum Gasteiger partial charge on any atom is 0.298 e. The topological polar surface area (TPSA) is 23.6 Å². The molecule has 0 atom stereocenters. The van der Waals surface area contributed by atoms with E-state index in [9.17, 15) is 4.79 Å². The van der Waals surface area contributed by atoms with Crippen LogP contribution in [0.4, 0.5) is 0 Å². The number of piperazine rings is 1. The van der Waals surface area contributed by atoms with Crippen molar-refractivity contribution in [3.8, 4) is 11.8 Å². The fraction of sp³-hybridized carbons (Fsp3) is 0.462. The van der Waals surface area contributed by atoms with E-state index in [2.05, 4.69) is 44.1 Å². The maximum absolute atomic E-state index is 11.6. The van der Waals surface area contributed by atoms with Crippen LogP contribution in [0, 0.1) is 11.8 Å². The average molecular weight is 327 g/mol. The molecular formula is C13H15BrN2OS. The molecule has 1 amide bonds. The second-order valence-electron chi connectivity index (χ2n) is 4.14. The molecule has 1 aromatic rings. The molecule has 1 saturated heterocycles. The summed E-state index contributed by atoms with van der Waals surface area (Å²) in [5, 5.41) is 2.09. The van der Waals surface area contributed by atoms with Crippen molar-refractivity contribution in [1.82, 2.24) is 9.80 Å². The van der Waals surface area contributed by atoms with Crippen LogP contribution in [0.15, 0.2) is 15.9 Å². The van der Waals surface area contributed by atoms with E-state index in [0.717, 1.165) is 32.7 Å². The molecule has 5 heteroatoms. The molecule has 0 aromatic carbocycles. The summed E-state index contributed by atoms with van der Waals surface area (Å²) < 4.78 is 1.18. The van der Waals surface area contributed by atoms with Crippen LogP contribution in [0.5, 0.6) is 0 Å². The number of carbonyl (C=O) groups excluding carboxylic acids is 1. The number of thiophene rings is 1. The molecule has 0 N–H and O–H groups in total. The van der Waals surface area contributed by atoms with Crippen molar-refractivity contribution in [2.75, 3.05) is 26.2 Å². The predicted octanol–water partition coefficient (Wildman–Crippen LogP) is 2.18. The Labute approximate surface area is 120 Å². The van der Waals surface area contributed by atoms with Gasteiger partial charge in [0.1, 0.15) is 0 Å². The van der Waals surface area contributed by atoms with E-state index in [1.54, 1.807) is 18.3 Å². The normalized spacial score (nSPS) is 16.2. The SMILES string of the molecule is CC#CC(=O)N1CCN(Cc2sccc2Br)CC1. The standard InChI is InChI=1S/C13H15BrN2OS/c1-2-3-13(17)16-7-5-15(6-8-16)10-12-11(14)4-9-18-12/h4,9H,5-8,10H2,1H3. The van der Waals surface area contributed by atoms with Crippen LogP contribution in [0.3, 0.4) is 0 Å². The van der Waals surface area contributed by atoms with Crippen LogP contribution >= 0.6 is 27.3 Å². The Morgan fingerprint density at radius 3 is 2.72 bits per heavy atom. The van der Waals surface area contributed by atoms with Crippen LogP contribution in [0.25, 0.3) is 0 Å². The Morgan fingerprint density at radius 2 is 2.17 bits per heavy atom. The molecule has 0 unspecified atom stereocenters. The summed E-state index contributed by atoms with van der Waals surface area (Å²) in [5.41, 5.74) is 0. The van der Waals surface area contributed by atoms with Crippen LogP contribution in [-0.4, -0.2) is 41.9 Å². The van der Waals surface area contributed by atoms with E-state index in [0.29, 0.717) is 0 Å². The molecule has 2 rings (SSSR count). The first-order chi connectivity index (χ1) is 8.70. The van der Waals surface area contributed by atoms with Gasteiger partial charge in [-0.05, 0) is 40.2 Å². The van der Waals surface area contributed by atoms with E-state index >= 15 is 0 Å². The number of amides is 1. The largest absolute Gasteiger partial charge is 0.329 e. The van der Waals surface area contributed by atoms with E-state index in [4.69, 9.17) is 0 Å². The van der Waals surface area contributed by atoms with E-state index in [1.807, 2.05) is 4.90 Å². The molecule has 1 aliphatic rings. The van der Waals surface area contributed by atoms with Gasteiger partial charge in [0.05, 0.1) is 0 Å². The number of carbonyl (C=O) groups is 1. The van der Waals surface area contributed by atoms with Gasteiger partial charge in [0.2, 0.25) is 0 Å². The van der Waals surface area contributed by atoms with Crippen molar-refractivity contribution in [2.45, 2.75) is 13.5 Å². The molecule has 0 spiro atoms. The molecule has 1 aromatic heterocycles. The maximum atomic E-state index is 11.6. The minimum absolute atomic E-state index is 0.0468. The molecule has 0 aliphatic carbocycles. The Bertz CT molecular complexity index is 481. The first-order valence-electron chi connectivity index (χ1n) is 5.86. The Kier molecular flexibility index (Phi) is 4.81. The molecule has 0 bridgehead atoms. The fourth-order valence-corrected chi connectivity index (χ4v) is 3.46. The van der Waals surface area contributed by atoms with Gasteiger partial charge in [-0.1, -0.05) is 5.92 Å².